The minimum Gasteiger partial charge on any atom is -0.465 e. The summed E-state index contributed by atoms with van der Waals surface area (Å²) in [6.07, 6.45) is 13.2. The molecule has 0 saturated carbocycles. The highest BCUT2D eigenvalue weighted by Crippen LogP contribution is 2.40. The van der Waals surface area contributed by atoms with E-state index in [-0.39, 0.29) is 32.0 Å². The van der Waals surface area contributed by atoms with E-state index in [1.165, 1.54) is 44.9 Å². The van der Waals surface area contributed by atoms with E-state index in [0.717, 1.165) is 42.4 Å². The first-order valence-electron chi connectivity index (χ1n) is 15.0. The second kappa shape index (κ2) is 17.2. The van der Waals surface area contributed by atoms with Gasteiger partial charge >= 0.3 is 5.97 Å². The smallest absolute Gasteiger partial charge is 0.324 e. The molecule has 4 nitrogen and oxygen atoms in total. The molecular weight excluding hydrogens is 491 g/mol. The van der Waals surface area contributed by atoms with Gasteiger partial charge in [0, 0.05) is 12.0 Å². The summed E-state index contributed by atoms with van der Waals surface area (Å²) in [4.78, 5) is 27.0. The molecule has 2 atom stereocenters. The number of rotatable bonds is 19. The maximum atomic E-state index is 13.6. The second-order valence-corrected chi connectivity index (χ2v) is 13.9. The minimum absolute atomic E-state index is 0.0684. The minimum atomic E-state index is -1.36. The number of esters is 1. The molecule has 0 bridgehead atoms. The van der Waals surface area contributed by atoms with Crippen LogP contribution in [0.3, 0.4) is 0 Å². The normalized spacial score (nSPS) is 14.3. The maximum Gasteiger partial charge on any atom is 0.324 e. The highest BCUT2D eigenvalue weighted by Gasteiger charge is 2.45. The standard InChI is InChI=1S/C33H55O4P/c1-9-10-11-12-13-14-15-16-17-18-19-37-31(35)33(38-36,23-26(3)22-32(6,7)8)24-29(34)30-27(4)20-25(2)21-28(30)5/h20-21,26H,9-19,22-24H2,1-8H3. The number of hydrogen-bond acceptors (Lipinski definition) is 4. The highest BCUT2D eigenvalue weighted by molar-refractivity contribution is 7.28. The molecule has 0 spiro atoms. The molecule has 0 fully saturated rings. The van der Waals surface area contributed by atoms with Gasteiger partial charge in [0.1, 0.15) is 0 Å². The third kappa shape index (κ3) is 12.5. The lowest BCUT2D eigenvalue weighted by Gasteiger charge is -2.30. The molecule has 0 heterocycles. The largest absolute Gasteiger partial charge is 0.465 e. The van der Waals surface area contributed by atoms with Gasteiger partial charge in [0.25, 0.3) is 0 Å². The number of ketones is 1. The summed E-state index contributed by atoms with van der Waals surface area (Å²) in [6, 6.07) is 3.98. The number of benzene rings is 1. The first kappa shape index (κ1) is 34.5. The van der Waals surface area contributed by atoms with Gasteiger partial charge in [-0.1, -0.05) is 110 Å². The average molecular weight is 547 g/mol. The Morgan fingerprint density at radius 3 is 1.82 bits per heavy atom. The van der Waals surface area contributed by atoms with Crippen LogP contribution in [0.5, 0.6) is 0 Å². The molecule has 216 valence electrons. The molecule has 1 rings (SSSR count). The Kier molecular flexibility index (Phi) is 15.6. The third-order valence-corrected chi connectivity index (χ3v) is 8.21. The fraction of sp³-hybridized carbons (Fsp3) is 0.758. The predicted molar refractivity (Wildman–Crippen MR) is 161 cm³/mol. The molecule has 1 aromatic rings. The van der Waals surface area contributed by atoms with Crippen LogP contribution in [0.2, 0.25) is 0 Å². The first-order valence-corrected chi connectivity index (χ1v) is 15.8. The Morgan fingerprint density at radius 2 is 1.34 bits per heavy atom. The fourth-order valence-corrected chi connectivity index (χ4v) is 6.62. The molecule has 2 unspecified atom stereocenters. The zero-order chi connectivity index (χ0) is 28.8. The van der Waals surface area contributed by atoms with E-state index < -0.39 is 11.1 Å². The van der Waals surface area contributed by atoms with Crippen LogP contribution < -0.4 is 0 Å². The lowest BCUT2D eigenvalue weighted by molar-refractivity contribution is -0.147. The number of ether oxygens (including phenoxy) is 1. The van der Waals surface area contributed by atoms with Gasteiger partial charge in [0.05, 0.1) is 6.61 Å². The van der Waals surface area contributed by atoms with Gasteiger partial charge in [-0.2, -0.15) is 0 Å². The highest BCUT2D eigenvalue weighted by atomic mass is 31.1. The molecule has 0 saturated heterocycles. The first-order chi connectivity index (χ1) is 17.8. The van der Waals surface area contributed by atoms with Crippen LogP contribution in [-0.4, -0.2) is 23.5 Å². The van der Waals surface area contributed by atoms with Gasteiger partial charge in [-0.05, 0) is 62.5 Å². The number of unbranched alkanes of at least 4 members (excludes halogenated alkanes) is 9. The summed E-state index contributed by atoms with van der Waals surface area (Å²) >= 11 is 0. The van der Waals surface area contributed by atoms with Crippen LogP contribution in [-0.2, 0) is 14.1 Å². The molecule has 5 heteroatoms. The Hall–Kier alpha value is -1.54. The summed E-state index contributed by atoms with van der Waals surface area (Å²) in [7, 11) is -0.336. The van der Waals surface area contributed by atoms with E-state index in [4.69, 9.17) is 4.74 Å². The topological polar surface area (TPSA) is 60.4 Å². The zero-order valence-electron chi connectivity index (χ0n) is 25.7. The van der Waals surface area contributed by atoms with E-state index in [0.29, 0.717) is 18.6 Å². The monoisotopic (exact) mass is 546 g/mol. The van der Waals surface area contributed by atoms with Crippen molar-refractivity contribution in [3.8, 4) is 0 Å². The van der Waals surface area contributed by atoms with Crippen LogP contribution in [0.25, 0.3) is 0 Å². The van der Waals surface area contributed by atoms with Gasteiger partial charge in [-0.15, -0.1) is 0 Å². The third-order valence-electron chi connectivity index (χ3n) is 7.34. The van der Waals surface area contributed by atoms with E-state index in [1.54, 1.807) is 0 Å². The molecule has 0 amide bonds. The van der Waals surface area contributed by atoms with Crippen molar-refractivity contribution in [1.29, 1.82) is 0 Å². The molecule has 0 aliphatic rings. The lowest BCUT2D eigenvalue weighted by Crippen LogP contribution is -2.39. The Balaban J connectivity index is 2.83. The molecule has 0 aliphatic heterocycles. The van der Waals surface area contributed by atoms with Gasteiger partial charge < -0.3 is 4.74 Å². The molecular formula is C33H55O4P. The summed E-state index contributed by atoms with van der Waals surface area (Å²) in [5, 5.41) is -1.36. The zero-order valence-corrected chi connectivity index (χ0v) is 26.6. The van der Waals surface area contributed by atoms with E-state index in [2.05, 4.69) is 34.6 Å². The van der Waals surface area contributed by atoms with Crippen LogP contribution >= 0.6 is 8.46 Å². The molecule has 0 radical (unpaired) electrons. The Morgan fingerprint density at radius 1 is 0.842 bits per heavy atom. The number of aryl methyl sites for hydroxylation is 3. The van der Waals surface area contributed by atoms with Gasteiger partial charge in [0.2, 0.25) is 0 Å². The summed E-state index contributed by atoms with van der Waals surface area (Å²) < 4.78 is 18.4. The molecule has 1 aromatic carbocycles. The van der Waals surface area contributed by atoms with Crippen molar-refractivity contribution >= 4 is 20.2 Å². The predicted octanol–water partition coefficient (Wildman–Crippen LogP) is 10.1. The van der Waals surface area contributed by atoms with Crippen molar-refractivity contribution < 1.29 is 18.9 Å². The van der Waals surface area contributed by atoms with Crippen LogP contribution in [0.15, 0.2) is 12.1 Å². The quantitative estimate of drug-likeness (QED) is 0.0749. The Bertz CT molecular complexity index is 862. The average Bonchev–Trinajstić information content (AvgIpc) is 2.80. The SMILES string of the molecule is CCCCCCCCCCCCOC(=O)C(CC(=O)c1c(C)cc(C)cc1C)(CC(C)CC(C)(C)C)P=O. The lowest BCUT2D eigenvalue weighted by atomic mass is 9.79. The summed E-state index contributed by atoms with van der Waals surface area (Å²) in [5.74, 6) is -0.516. The van der Waals surface area contributed by atoms with Crippen molar-refractivity contribution in [2.24, 2.45) is 11.3 Å². The Labute approximate surface area is 235 Å². The second-order valence-electron chi connectivity index (χ2n) is 12.9. The van der Waals surface area contributed by atoms with Crippen molar-refractivity contribution in [2.75, 3.05) is 6.61 Å². The number of hydrogen-bond donors (Lipinski definition) is 0. The van der Waals surface area contributed by atoms with Crippen LogP contribution in [0.1, 0.15) is 145 Å². The van der Waals surface area contributed by atoms with Crippen molar-refractivity contribution in [3.63, 3.8) is 0 Å². The van der Waals surface area contributed by atoms with E-state index >= 15 is 0 Å². The maximum absolute atomic E-state index is 13.6. The van der Waals surface area contributed by atoms with Crippen LogP contribution in [0, 0.1) is 32.1 Å². The fourth-order valence-electron chi connectivity index (χ4n) is 5.89. The van der Waals surface area contributed by atoms with Crippen molar-refractivity contribution in [2.45, 2.75) is 144 Å². The molecule has 0 N–H and O–H groups in total. The van der Waals surface area contributed by atoms with Gasteiger partial charge in [-0.3, -0.25) is 14.2 Å². The van der Waals surface area contributed by atoms with Crippen molar-refractivity contribution in [1.82, 2.24) is 0 Å². The van der Waals surface area contributed by atoms with E-state index in [9.17, 15) is 14.2 Å². The number of carbonyl (C=O) groups is 2. The summed E-state index contributed by atoms with van der Waals surface area (Å²) in [6.45, 7) is 17.0. The van der Waals surface area contributed by atoms with Crippen molar-refractivity contribution in [3.05, 3.63) is 34.4 Å². The molecule has 38 heavy (non-hydrogen) atoms. The van der Waals surface area contributed by atoms with E-state index in [1.807, 2.05) is 32.9 Å². The number of Topliss-reactive ketones (excluding diaryl/α,β-unsaturated/α-hetero) is 1. The number of carbonyl (C=O) groups excluding carboxylic acids is 2. The van der Waals surface area contributed by atoms with Gasteiger partial charge in [0.15, 0.2) is 19.4 Å². The van der Waals surface area contributed by atoms with Crippen LogP contribution in [0.4, 0.5) is 0 Å². The molecule has 0 aliphatic carbocycles. The summed E-state index contributed by atoms with van der Waals surface area (Å²) in [5.41, 5.74) is 3.59. The van der Waals surface area contributed by atoms with Gasteiger partial charge in [-0.25, -0.2) is 0 Å². The molecule has 0 aromatic heterocycles.